The molecule has 0 spiro atoms. The van der Waals surface area contributed by atoms with E-state index in [4.69, 9.17) is 0 Å². The summed E-state index contributed by atoms with van der Waals surface area (Å²) in [5.74, 6) is -0.430. The van der Waals surface area contributed by atoms with Crippen LogP contribution in [0.25, 0.3) is 0 Å². The van der Waals surface area contributed by atoms with Crippen LogP contribution in [0.5, 0.6) is 0 Å². The number of carbonyl (C=O) groups is 1. The van der Waals surface area contributed by atoms with Crippen LogP contribution in [0.2, 0.25) is 0 Å². The molecule has 0 saturated carbocycles. The summed E-state index contributed by atoms with van der Waals surface area (Å²) in [4.78, 5) is 32.6. The van der Waals surface area contributed by atoms with Gasteiger partial charge in [0.1, 0.15) is 16.5 Å². The van der Waals surface area contributed by atoms with Crippen LogP contribution in [0.4, 0.5) is 4.39 Å². The molecule has 2 heterocycles. The number of rotatable bonds is 5. The predicted molar refractivity (Wildman–Crippen MR) is 104 cm³/mol. The summed E-state index contributed by atoms with van der Waals surface area (Å²) >= 11 is 0. The van der Waals surface area contributed by atoms with E-state index in [-0.39, 0.29) is 55.4 Å². The molecule has 0 unspecified atom stereocenters. The summed E-state index contributed by atoms with van der Waals surface area (Å²) in [6, 6.07) is 5.24. The first kappa shape index (κ1) is 21.1. The highest BCUT2D eigenvalue weighted by atomic mass is 32.2. The lowest BCUT2D eigenvalue weighted by Crippen LogP contribution is -2.50. The molecular weight excluding hydrogens is 399 g/mol. The van der Waals surface area contributed by atoms with E-state index in [0.717, 1.165) is 6.07 Å². The Balaban J connectivity index is 1.60. The van der Waals surface area contributed by atoms with E-state index < -0.39 is 15.8 Å². The summed E-state index contributed by atoms with van der Waals surface area (Å²) in [5, 5.41) is 0. The molecule has 0 aliphatic carbocycles. The topological polar surface area (TPSA) is 103 Å². The number of halogens is 1. The van der Waals surface area contributed by atoms with Gasteiger partial charge in [-0.25, -0.2) is 17.8 Å². The maximum absolute atomic E-state index is 13.9. The molecule has 1 saturated heterocycles. The van der Waals surface area contributed by atoms with Gasteiger partial charge in [-0.1, -0.05) is 12.1 Å². The van der Waals surface area contributed by atoms with Crippen LogP contribution in [0.1, 0.15) is 23.5 Å². The van der Waals surface area contributed by atoms with Gasteiger partial charge in [-0.05, 0) is 32.4 Å². The number of sulfonamides is 1. The highest BCUT2D eigenvalue weighted by molar-refractivity contribution is 7.89. The molecule has 1 N–H and O–H groups in total. The average molecular weight is 422 g/mol. The minimum atomic E-state index is -3.95. The first-order chi connectivity index (χ1) is 13.7. The van der Waals surface area contributed by atoms with Crippen molar-refractivity contribution in [3.8, 4) is 0 Å². The minimum absolute atomic E-state index is 0.0914. The monoisotopic (exact) mass is 422 g/mol. The Kier molecular flexibility index (Phi) is 6.13. The molecule has 156 valence electrons. The van der Waals surface area contributed by atoms with Gasteiger partial charge < -0.3 is 9.88 Å². The van der Waals surface area contributed by atoms with Crippen molar-refractivity contribution in [3.63, 3.8) is 0 Å². The fourth-order valence-corrected chi connectivity index (χ4v) is 4.89. The molecule has 29 heavy (non-hydrogen) atoms. The number of nitrogens with one attached hydrogen (secondary N) is 1. The van der Waals surface area contributed by atoms with Crippen LogP contribution in [-0.2, 0) is 21.2 Å². The number of amides is 1. The third kappa shape index (κ3) is 4.54. The van der Waals surface area contributed by atoms with Crippen LogP contribution in [0.3, 0.4) is 0 Å². The van der Waals surface area contributed by atoms with Gasteiger partial charge in [0.05, 0.1) is 0 Å². The fourth-order valence-electron chi connectivity index (χ4n) is 3.41. The van der Waals surface area contributed by atoms with Gasteiger partial charge >= 0.3 is 0 Å². The maximum Gasteiger partial charge on any atom is 0.254 e. The summed E-state index contributed by atoms with van der Waals surface area (Å²) in [7, 11) is -3.95. The van der Waals surface area contributed by atoms with Gasteiger partial charge in [-0.15, -0.1) is 0 Å². The van der Waals surface area contributed by atoms with Gasteiger partial charge in [-0.3, -0.25) is 9.59 Å². The van der Waals surface area contributed by atoms with E-state index in [2.05, 4.69) is 9.97 Å². The summed E-state index contributed by atoms with van der Waals surface area (Å²) < 4.78 is 40.4. The Labute approximate surface area is 168 Å². The molecule has 10 heteroatoms. The molecule has 1 aromatic heterocycles. The number of aromatic amines is 1. The molecule has 1 fully saturated rings. The molecule has 1 aliphatic heterocycles. The third-order valence-electron chi connectivity index (χ3n) is 4.98. The molecule has 0 bridgehead atoms. The van der Waals surface area contributed by atoms with Crippen molar-refractivity contribution in [2.75, 3.05) is 26.2 Å². The Morgan fingerprint density at radius 3 is 2.45 bits per heavy atom. The van der Waals surface area contributed by atoms with Gasteiger partial charge in [0.25, 0.3) is 5.56 Å². The number of hydrogen-bond acceptors (Lipinski definition) is 5. The Morgan fingerprint density at radius 1 is 1.17 bits per heavy atom. The maximum atomic E-state index is 13.9. The summed E-state index contributed by atoms with van der Waals surface area (Å²) in [5.41, 5.74) is 0.827. The summed E-state index contributed by atoms with van der Waals surface area (Å²) in [6.45, 7) is 4.04. The van der Waals surface area contributed by atoms with Crippen molar-refractivity contribution in [1.82, 2.24) is 19.2 Å². The number of H-pyrrole nitrogens is 1. The minimum Gasteiger partial charge on any atom is -0.340 e. The van der Waals surface area contributed by atoms with E-state index in [0.29, 0.717) is 17.1 Å². The number of piperazine rings is 1. The van der Waals surface area contributed by atoms with E-state index >= 15 is 0 Å². The second kappa shape index (κ2) is 8.42. The normalized spacial score (nSPS) is 15.5. The van der Waals surface area contributed by atoms with Crippen LogP contribution in [-0.4, -0.2) is 59.7 Å². The molecular formula is C19H23FN4O4S. The number of hydrogen-bond donors (Lipinski definition) is 1. The van der Waals surface area contributed by atoms with Crippen molar-refractivity contribution < 1.29 is 17.6 Å². The fraction of sp³-hybridized carbons (Fsp3) is 0.421. The molecule has 3 rings (SSSR count). The Bertz CT molecular complexity index is 1080. The molecule has 0 radical (unpaired) electrons. The summed E-state index contributed by atoms with van der Waals surface area (Å²) in [6.07, 6.45) is 0.399. The van der Waals surface area contributed by atoms with Crippen molar-refractivity contribution >= 4 is 15.9 Å². The predicted octanol–water partition coefficient (Wildman–Crippen LogP) is 0.992. The molecule has 1 amide bonds. The van der Waals surface area contributed by atoms with Crippen molar-refractivity contribution in [1.29, 1.82) is 0 Å². The zero-order chi connectivity index (χ0) is 21.2. The van der Waals surface area contributed by atoms with Crippen LogP contribution >= 0.6 is 0 Å². The zero-order valence-electron chi connectivity index (χ0n) is 16.3. The number of benzene rings is 1. The van der Waals surface area contributed by atoms with E-state index in [1.165, 1.54) is 22.5 Å². The average Bonchev–Trinajstić information content (AvgIpc) is 2.67. The van der Waals surface area contributed by atoms with Gasteiger partial charge in [0.15, 0.2) is 0 Å². The standard InChI is InChI=1S/C19H23FN4O4S/c1-13-15(19(26)22-14(2)21-13)7-8-18(25)23-9-11-24(12-10-23)29(27,28)17-6-4-3-5-16(17)20/h3-6H,7-12H2,1-2H3,(H,21,22,26). The second-order valence-corrected chi connectivity index (χ2v) is 8.84. The largest absolute Gasteiger partial charge is 0.340 e. The van der Waals surface area contributed by atoms with E-state index in [1.807, 2.05) is 0 Å². The molecule has 1 aliphatic rings. The highest BCUT2D eigenvalue weighted by Gasteiger charge is 2.31. The third-order valence-corrected chi connectivity index (χ3v) is 6.91. The highest BCUT2D eigenvalue weighted by Crippen LogP contribution is 2.20. The molecule has 1 aromatic carbocycles. The SMILES string of the molecule is Cc1nc(C)c(CCC(=O)N2CCN(S(=O)(=O)c3ccccc3F)CC2)c(=O)[nH]1. The Hall–Kier alpha value is -2.59. The van der Waals surface area contributed by atoms with Crippen molar-refractivity contribution in [3.05, 3.63) is 57.5 Å². The smallest absolute Gasteiger partial charge is 0.254 e. The number of aryl methyl sites for hydroxylation is 2. The molecule has 0 atom stereocenters. The van der Waals surface area contributed by atoms with Crippen molar-refractivity contribution in [2.24, 2.45) is 0 Å². The van der Waals surface area contributed by atoms with E-state index in [1.54, 1.807) is 18.7 Å². The van der Waals surface area contributed by atoms with Crippen LogP contribution < -0.4 is 5.56 Å². The quantitative estimate of drug-likeness (QED) is 0.774. The van der Waals surface area contributed by atoms with Crippen molar-refractivity contribution in [2.45, 2.75) is 31.6 Å². The number of aromatic nitrogens is 2. The Morgan fingerprint density at radius 2 is 1.83 bits per heavy atom. The molecule has 8 nitrogen and oxygen atoms in total. The van der Waals surface area contributed by atoms with Gasteiger partial charge in [0.2, 0.25) is 15.9 Å². The number of nitrogens with zero attached hydrogens (tertiary/aromatic N) is 3. The first-order valence-electron chi connectivity index (χ1n) is 9.29. The van der Waals surface area contributed by atoms with Crippen LogP contribution in [0.15, 0.2) is 34.0 Å². The number of carbonyl (C=O) groups excluding carboxylic acids is 1. The zero-order valence-corrected chi connectivity index (χ0v) is 17.1. The lowest BCUT2D eigenvalue weighted by atomic mass is 10.1. The molecule has 2 aromatic rings. The van der Waals surface area contributed by atoms with E-state index in [9.17, 15) is 22.4 Å². The first-order valence-corrected chi connectivity index (χ1v) is 10.7. The lowest BCUT2D eigenvalue weighted by molar-refractivity contribution is -0.132. The lowest BCUT2D eigenvalue weighted by Gasteiger charge is -2.34. The second-order valence-electron chi connectivity index (χ2n) is 6.93. The van der Waals surface area contributed by atoms with Gasteiger partial charge in [0, 0.05) is 43.9 Å². The van der Waals surface area contributed by atoms with Crippen LogP contribution in [0, 0.1) is 19.7 Å². The van der Waals surface area contributed by atoms with Gasteiger partial charge in [-0.2, -0.15) is 4.31 Å².